The van der Waals surface area contributed by atoms with Gasteiger partial charge >= 0.3 is 0 Å². The first-order valence-corrected chi connectivity index (χ1v) is 4.13. The maximum absolute atomic E-state index is 3.87. The van der Waals surface area contributed by atoms with E-state index in [4.69, 9.17) is 0 Å². The topological polar surface area (TPSA) is 12.4 Å². The average Bonchev–Trinajstić information content (AvgIpc) is 2.52. The summed E-state index contributed by atoms with van der Waals surface area (Å²) >= 11 is 0. The second-order valence-electron chi connectivity index (χ2n) is 2.56. The summed E-state index contributed by atoms with van der Waals surface area (Å²) in [6.45, 7) is 2.15. The van der Waals surface area contributed by atoms with Crippen molar-refractivity contribution in [1.29, 1.82) is 0 Å². The molecule has 0 saturated heterocycles. The van der Waals surface area contributed by atoms with Crippen LogP contribution in [-0.2, 0) is 0 Å². The fourth-order valence-corrected chi connectivity index (χ4v) is 1.10. The van der Waals surface area contributed by atoms with Crippen molar-refractivity contribution >= 4 is 6.21 Å². The van der Waals surface area contributed by atoms with Crippen LogP contribution in [0.1, 0.15) is 13.3 Å². The summed E-state index contributed by atoms with van der Waals surface area (Å²) in [4.78, 5) is 3.87. The number of allylic oxidation sites excluding steroid dienone is 5. The van der Waals surface area contributed by atoms with Crippen LogP contribution in [0.4, 0.5) is 0 Å². The summed E-state index contributed by atoms with van der Waals surface area (Å²) in [5.41, 5.74) is 5.67. The molecule has 0 amide bonds. The second kappa shape index (κ2) is 4.53. The monoisotopic (exact) mass is 159 g/mol. The molecule has 0 aromatic carbocycles. The quantitative estimate of drug-likeness (QED) is 0.443. The molecule has 0 bridgehead atoms. The Morgan fingerprint density at radius 2 is 2.33 bits per heavy atom. The van der Waals surface area contributed by atoms with E-state index in [1.807, 2.05) is 18.2 Å². The van der Waals surface area contributed by atoms with E-state index in [0.29, 0.717) is 0 Å². The Kier molecular flexibility index (Phi) is 3.31. The van der Waals surface area contributed by atoms with Crippen LogP contribution in [0.5, 0.6) is 0 Å². The Bertz CT molecular complexity index is 297. The summed E-state index contributed by atoms with van der Waals surface area (Å²) in [5, 5.41) is 0. The van der Waals surface area contributed by atoms with Gasteiger partial charge in [0, 0.05) is 13.3 Å². The predicted octanol–water partition coefficient (Wildman–Crippen LogP) is 2.67. The first kappa shape index (κ1) is 8.76. The third-order valence-electron chi connectivity index (χ3n) is 1.76. The fraction of sp³-hybridized carbons (Fsp3) is 0.273. The van der Waals surface area contributed by atoms with Crippen LogP contribution in [0.15, 0.2) is 46.2 Å². The Hall–Kier alpha value is -1.33. The van der Waals surface area contributed by atoms with Gasteiger partial charge in [0.1, 0.15) is 0 Å². The van der Waals surface area contributed by atoms with Crippen molar-refractivity contribution in [3.8, 4) is 0 Å². The zero-order valence-corrected chi connectivity index (χ0v) is 7.54. The van der Waals surface area contributed by atoms with Crippen molar-refractivity contribution < 1.29 is 0 Å². The average molecular weight is 159 g/mol. The molecule has 0 fully saturated rings. The molecule has 0 spiro atoms. The standard InChI is InChI=1S/C11H13N/c1-3-10-6-4-7-11(10)8-5-9-12-2/h5-9H,3H2,1-2H3/b8-5-,12-9?. The van der Waals surface area contributed by atoms with Crippen molar-refractivity contribution in [3.63, 3.8) is 0 Å². The molecule has 0 N–H and O–H groups in total. The lowest BCUT2D eigenvalue weighted by molar-refractivity contribution is 1.14. The highest BCUT2D eigenvalue weighted by atomic mass is 14.6. The highest BCUT2D eigenvalue weighted by Crippen LogP contribution is 2.16. The van der Waals surface area contributed by atoms with Crippen LogP contribution < -0.4 is 0 Å². The van der Waals surface area contributed by atoms with E-state index >= 15 is 0 Å². The molecule has 1 heteroatoms. The Labute approximate surface area is 73.5 Å². The lowest BCUT2D eigenvalue weighted by atomic mass is 10.1. The predicted molar refractivity (Wildman–Crippen MR) is 53.5 cm³/mol. The van der Waals surface area contributed by atoms with Gasteiger partial charge in [-0.1, -0.05) is 13.0 Å². The molecule has 1 aliphatic carbocycles. The van der Waals surface area contributed by atoms with E-state index in [2.05, 4.69) is 23.7 Å². The van der Waals surface area contributed by atoms with Gasteiger partial charge in [-0.3, -0.25) is 4.99 Å². The van der Waals surface area contributed by atoms with E-state index in [-0.39, 0.29) is 0 Å². The van der Waals surface area contributed by atoms with Crippen LogP contribution >= 0.6 is 0 Å². The minimum Gasteiger partial charge on any atom is -0.297 e. The summed E-state index contributed by atoms with van der Waals surface area (Å²) in [6.07, 6.45) is 10.9. The smallest absolute Gasteiger partial charge is 0.0277 e. The molecule has 1 aliphatic rings. The van der Waals surface area contributed by atoms with Crippen molar-refractivity contribution in [3.05, 3.63) is 41.2 Å². The summed E-state index contributed by atoms with van der Waals surface area (Å²) in [7, 11) is 1.77. The van der Waals surface area contributed by atoms with E-state index in [9.17, 15) is 0 Å². The maximum Gasteiger partial charge on any atom is 0.0277 e. The lowest BCUT2D eigenvalue weighted by Gasteiger charge is -1.94. The van der Waals surface area contributed by atoms with Gasteiger partial charge in [-0.05, 0) is 35.8 Å². The van der Waals surface area contributed by atoms with Crippen LogP contribution in [0, 0.1) is 0 Å². The number of aliphatic imine (C=N–C) groups is 1. The van der Waals surface area contributed by atoms with Gasteiger partial charge in [0.05, 0.1) is 0 Å². The highest BCUT2D eigenvalue weighted by molar-refractivity contribution is 5.72. The third kappa shape index (κ3) is 2.08. The van der Waals surface area contributed by atoms with Gasteiger partial charge in [0.2, 0.25) is 0 Å². The molecular weight excluding hydrogens is 146 g/mol. The van der Waals surface area contributed by atoms with E-state index in [1.54, 1.807) is 13.3 Å². The highest BCUT2D eigenvalue weighted by Gasteiger charge is 1.98. The first-order chi connectivity index (χ1) is 5.88. The second-order valence-corrected chi connectivity index (χ2v) is 2.56. The number of rotatable bonds is 3. The van der Waals surface area contributed by atoms with Gasteiger partial charge in [-0.25, -0.2) is 0 Å². The van der Waals surface area contributed by atoms with Gasteiger partial charge in [-0.2, -0.15) is 0 Å². The SMILES string of the molecule is CCC1=C(/C=C\C=NC)C=C=C1. The summed E-state index contributed by atoms with van der Waals surface area (Å²) in [5.74, 6) is 0. The van der Waals surface area contributed by atoms with E-state index in [0.717, 1.165) is 6.42 Å². The minimum atomic E-state index is 1.06. The molecular formula is C11H13N. The zero-order chi connectivity index (χ0) is 8.81. The van der Waals surface area contributed by atoms with Gasteiger partial charge in [0.15, 0.2) is 0 Å². The molecule has 1 nitrogen and oxygen atoms in total. The zero-order valence-electron chi connectivity index (χ0n) is 7.54. The van der Waals surface area contributed by atoms with Gasteiger partial charge in [-0.15, -0.1) is 5.73 Å². The lowest BCUT2D eigenvalue weighted by Crippen LogP contribution is -1.77. The molecule has 1 rings (SSSR count). The minimum absolute atomic E-state index is 1.06. The van der Waals surface area contributed by atoms with E-state index < -0.39 is 0 Å². The molecule has 0 unspecified atom stereocenters. The number of hydrogen-bond donors (Lipinski definition) is 0. The van der Waals surface area contributed by atoms with Crippen LogP contribution in [-0.4, -0.2) is 13.3 Å². The largest absolute Gasteiger partial charge is 0.297 e. The third-order valence-corrected chi connectivity index (χ3v) is 1.76. The molecule has 0 saturated carbocycles. The van der Waals surface area contributed by atoms with Crippen LogP contribution in [0.3, 0.4) is 0 Å². The van der Waals surface area contributed by atoms with Crippen molar-refractivity contribution in [2.45, 2.75) is 13.3 Å². The van der Waals surface area contributed by atoms with Crippen LogP contribution in [0.25, 0.3) is 0 Å². The maximum atomic E-state index is 3.87. The molecule has 0 aromatic rings. The van der Waals surface area contributed by atoms with Crippen molar-refractivity contribution in [1.82, 2.24) is 0 Å². The Balaban J connectivity index is 2.70. The molecule has 62 valence electrons. The normalized spacial score (nSPS) is 16.2. The molecule has 0 atom stereocenters. The van der Waals surface area contributed by atoms with Gasteiger partial charge in [0.25, 0.3) is 0 Å². The molecule has 0 aliphatic heterocycles. The Morgan fingerprint density at radius 1 is 1.50 bits per heavy atom. The fourth-order valence-electron chi connectivity index (χ4n) is 1.10. The number of hydrogen-bond acceptors (Lipinski definition) is 1. The molecule has 0 aromatic heterocycles. The molecule has 12 heavy (non-hydrogen) atoms. The summed E-state index contributed by atoms with van der Waals surface area (Å²) in [6, 6.07) is 0. The van der Waals surface area contributed by atoms with Crippen molar-refractivity contribution in [2.24, 2.45) is 4.99 Å². The number of nitrogens with zero attached hydrogens (tertiary/aromatic N) is 1. The van der Waals surface area contributed by atoms with Crippen molar-refractivity contribution in [2.75, 3.05) is 7.05 Å². The van der Waals surface area contributed by atoms with E-state index in [1.165, 1.54) is 11.1 Å². The Morgan fingerprint density at radius 3 is 3.00 bits per heavy atom. The summed E-state index contributed by atoms with van der Waals surface area (Å²) < 4.78 is 0. The first-order valence-electron chi connectivity index (χ1n) is 4.13. The van der Waals surface area contributed by atoms with Gasteiger partial charge < -0.3 is 0 Å². The molecule has 0 heterocycles. The van der Waals surface area contributed by atoms with Crippen LogP contribution in [0.2, 0.25) is 0 Å². The molecule has 0 radical (unpaired) electrons.